The fraction of sp³-hybridized carbons (Fsp3) is 0.423. The van der Waals surface area contributed by atoms with Crippen LogP contribution >= 0.6 is 0 Å². The molecule has 1 amide bonds. The Hall–Kier alpha value is -1.96. The molecular weight excluding hydrogens is 414 g/mol. The number of hydrogen-bond acceptors (Lipinski definition) is 2. The predicted molar refractivity (Wildman–Crippen MR) is 137 cm³/mol. The Labute approximate surface area is 189 Å². The zero-order valence-corrected chi connectivity index (χ0v) is 22.4. The van der Waals surface area contributed by atoms with Crippen LogP contribution in [0.5, 0.6) is 0 Å². The molecule has 0 fully saturated rings. The molecule has 2 bridgehead atoms. The Morgan fingerprint density at radius 1 is 1.03 bits per heavy atom. The topological polar surface area (TPSA) is 52.3 Å². The van der Waals surface area contributed by atoms with Gasteiger partial charge in [-0.3, -0.25) is 4.79 Å². The minimum absolute atomic E-state index is 0.00553. The van der Waals surface area contributed by atoms with Crippen molar-refractivity contribution in [2.45, 2.75) is 72.6 Å². The number of hydrogen-bond donors (Lipinski definition) is 1. The summed E-state index contributed by atoms with van der Waals surface area (Å²) in [7, 11) is -4.32. The second kappa shape index (κ2) is 6.77. The van der Waals surface area contributed by atoms with Gasteiger partial charge in [0.2, 0.25) is 22.5 Å². The van der Waals surface area contributed by atoms with Crippen LogP contribution in [0.1, 0.15) is 60.3 Å². The average molecular weight is 450 g/mol. The lowest BCUT2D eigenvalue weighted by molar-refractivity contribution is 0.100. The average Bonchev–Trinajstić information content (AvgIpc) is 2.96. The Morgan fingerprint density at radius 2 is 1.68 bits per heavy atom. The molecule has 0 aromatic heterocycles. The summed E-state index contributed by atoms with van der Waals surface area (Å²) < 4.78 is 6.87. The van der Waals surface area contributed by atoms with Crippen molar-refractivity contribution in [2.24, 2.45) is 5.73 Å². The Kier molecular flexibility index (Phi) is 4.86. The van der Waals surface area contributed by atoms with E-state index in [4.69, 9.17) is 9.85 Å². The predicted octanol–water partition coefficient (Wildman–Crippen LogP) is 4.87. The van der Waals surface area contributed by atoms with Gasteiger partial charge in [0.25, 0.3) is 0 Å². The number of carbonyl (C=O) groups excluding carboxylic acids is 1. The van der Waals surface area contributed by atoms with E-state index in [1.165, 1.54) is 43.8 Å². The zero-order chi connectivity index (χ0) is 23.1. The van der Waals surface area contributed by atoms with Gasteiger partial charge in [0.05, 0.1) is 0 Å². The van der Waals surface area contributed by atoms with E-state index >= 15 is 0 Å². The molecule has 5 heteroatoms. The normalized spacial score (nSPS) is 18.5. The van der Waals surface area contributed by atoms with E-state index in [-0.39, 0.29) is 11.3 Å². The molecule has 2 aromatic carbocycles. The molecule has 164 valence electrons. The summed E-state index contributed by atoms with van der Waals surface area (Å²) >= 11 is 0. The van der Waals surface area contributed by atoms with Crippen molar-refractivity contribution in [3.8, 4) is 11.1 Å². The van der Waals surface area contributed by atoms with Gasteiger partial charge in [0, 0.05) is 5.56 Å². The summed E-state index contributed by atoms with van der Waals surface area (Å²) in [6, 6.07) is 6.68. The molecule has 3 nitrogen and oxygen atoms in total. The van der Waals surface area contributed by atoms with Crippen molar-refractivity contribution < 1.29 is 8.91 Å². The van der Waals surface area contributed by atoms with E-state index in [2.05, 4.69) is 85.1 Å². The van der Waals surface area contributed by atoms with Gasteiger partial charge in [-0.2, -0.15) is 0 Å². The molecule has 0 saturated carbocycles. The monoisotopic (exact) mass is 449 g/mol. The van der Waals surface area contributed by atoms with Crippen LogP contribution in [0.25, 0.3) is 17.2 Å². The first-order chi connectivity index (χ1) is 14.1. The van der Waals surface area contributed by atoms with Gasteiger partial charge in [-0.1, -0.05) is 44.6 Å². The second-order valence-electron chi connectivity index (χ2n) is 11.3. The summed E-state index contributed by atoms with van der Waals surface area (Å²) in [5.41, 5.74) is 15.4. The zero-order valence-electron chi connectivity index (χ0n) is 20.4. The number of rotatable bonds is 2. The molecule has 0 spiro atoms. The van der Waals surface area contributed by atoms with Gasteiger partial charge in [-0.15, -0.1) is 0 Å². The summed E-state index contributed by atoms with van der Waals surface area (Å²) in [5, 5.41) is 2.47. The molecule has 2 N–H and O–H groups in total. The highest BCUT2D eigenvalue weighted by atomic mass is 28.4. The minimum atomic E-state index is -2.24. The molecule has 0 saturated heterocycles. The third-order valence-corrected chi connectivity index (χ3v) is 14.6. The van der Waals surface area contributed by atoms with Crippen LogP contribution in [0, 0.1) is 6.92 Å². The van der Waals surface area contributed by atoms with Gasteiger partial charge < -0.3 is 9.85 Å². The molecular formula is C26H35NO2Si2. The Morgan fingerprint density at radius 3 is 2.26 bits per heavy atom. The van der Waals surface area contributed by atoms with Gasteiger partial charge in [-0.05, 0) is 102 Å². The highest BCUT2D eigenvalue weighted by Crippen LogP contribution is 2.40. The van der Waals surface area contributed by atoms with E-state index in [0.29, 0.717) is 5.56 Å². The van der Waals surface area contributed by atoms with Crippen LogP contribution in [-0.4, -0.2) is 22.5 Å². The molecule has 1 aliphatic heterocycles. The number of amides is 1. The van der Waals surface area contributed by atoms with Crippen molar-refractivity contribution in [1.29, 1.82) is 0 Å². The smallest absolute Gasteiger partial charge is 0.249 e. The first kappa shape index (κ1) is 22.2. The van der Waals surface area contributed by atoms with Crippen LogP contribution < -0.4 is 16.1 Å². The summed E-state index contributed by atoms with van der Waals surface area (Å²) in [6.07, 6.45) is 3.20. The van der Waals surface area contributed by atoms with Crippen LogP contribution in [0.15, 0.2) is 23.8 Å². The first-order valence-electron chi connectivity index (χ1n) is 11.2. The summed E-state index contributed by atoms with van der Waals surface area (Å²) in [5.74, 6) is -0.341. The fourth-order valence-corrected chi connectivity index (χ4v) is 15.2. The van der Waals surface area contributed by atoms with E-state index in [9.17, 15) is 4.79 Å². The summed E-state index contributed by atoms with van der Waals surface area (Å²) in [4.78, 5) is 12.8. The number of allylic oxidation sites excluding steroid dienone is 1. The maximum absolute atomic E-state index is 12.8. The SMILES string of the molecule is CC1=Cc2cc(C(C)(C)C)cc(-c3c(C(N)=O)cc4c(C)c3[Si](C)(C)O[Si]4(C)C)c2C1. The molecule has 0 atom stereocenters. The van der Waals surface area contributed by atoms with Gasteiger partial charge in [0.1, 0.15) is 0 Å². The number of benzene rings is 2. The third kappa shape index (κ3) is 3.47. The molecule has 31 heavy (non-hydrogen) atoms. The summed E-state index contributed by atoms with van der Waals surface area (Å²) in [6.45, 7) is 20.2. The highest BCUT2D eigenvalue weighted by molar-refractivity contribution is 7.00. The van der Waals surface area contributed by atoms with Crippen LogP contribution in [0.3, 0.4) is 0 Å². The molecule has 2 aliphatic rings. The second-order valence-corrected chi connectivity index (χ2v) is 19.2. The fourth-order valence-electron chi connectivity index (χ4n) is 5.65. The minimum Gasteiger partial charge on any atom is -0.449 e. The van der Waals surface area contributed by atoms with Crippen LogP contribution in [0.2, 0.25) is 26.2 Å². The standard InChI is InChI=1S/C26H35NO2Si2/c1-15-10-17-12-18(26(3,4)5)13-20(19(17)11-15)23-21(25(27)28)14-22-16(2)24(23)31(8,9)29-30(22,6)7/h10,12-14H,11H2,1-9H3,(H2,27,28). The molecule has 0 unspecified atom stereocenters. The number of nitrogens with two attached hydrogens (primary N) is 1. The Balaban J connectivity index is 2.17. The van der Waals surface area contributed by atoms with E-state index in [1.807, 2.05) is 0 Å². The van der Waals surface area contributed by atoms with Gasteiger partial charge in [0.15, 0.2) is 0 Å². The lowest BCUT2D eigenvalue weighted by Crippen LogP contribution is -2.66. The maximum Gasteiger partial charge on any atom is 0.249 e. The number of primary amides is 1. The lowest BCUT2D eigenvalue weighted by Gasteiger charge is -2.43. The van der Waals surface area contributed by atoms with Crippen LogP contribution in [-0.2, 0) is 16.0 Å². The highest BCUT2D eigenvalue weighted by Gasteiger charge is 2.46. The number of carbonyl (C=O) groups is 1. The van der Waals surface area contributed by atoms with Crippen LogP contribution in [0.4, 0.5) is 0 Å². The van der Waals surface area contributed by atoms with E-state index in [1.54, 1.807) is 0 Å². The molecule has 0 radical (unpaired) electrons. The Bertz CT molecular complexity index is 1170. The van der Waals surface area contributed by atoms with Gasteiger partial charge in [-0.25, -0.2) is 0 Å². The van der Waals surface area contributed by atoms with Crippen molar-refractivity contribution in [3.05, 3.63) is 51.6 Å². The van der Waals surface area contributed by atoms with E-state index in [0.717, 1.165) is 12.0 Å². The van der Waals surface area contributed by atoms with Crippen molar-refractivity contribution in [2.75, 3.05) is 0 Å². The molecule has 2 aromatic rings. The third-order valence-electron chi connectivity index (χ3n) is 6.89. The van der Waals surface area contributed by atoms with Crippen molar-refractivity contribution >= 4 is 39.0 Å². The van der Waals surface area contributed by atoms with E-state index < -0.39 is 16.6 Å². The van der Waals surface area contributed by atoms with Crippen molar-refractivity contribution in [1.82, 2.24) is 0 Å². The maximum atomic E-state index is 12.8. The van der Waals surface area contributed by atoms with Crippen molar-refractivity contribution in [3.63, 3.8) is 0 Å². The largest absolute Gasteiger partial charge is 0.449 e. The first-order valence-corrected chi connectivity index (χ1v) is 17.0. The molecule has 1 heterocycles. The molecule has 1 aliphatic carbocycles. The lowest BCUT2D eigenvalue weighted by atomic mass is 9.81. The van der Waals surface area contributed by atoms with Gasteiger partial charge >= 0.3 is 0 Å². The number of fused-ring (bicyclic) bond motifs is 3. The quantitative estimate of drug-likeness (QED) is 0.665. The molecule has 4 rings (SSSR count).